The van der Waals surface area contributed by atoms with E-state index in [0.29, 0.717) is 19.5 Å². The Balaban J connectivity index is 2.47. The minimum absolute atomic E-state index is 0.116. The number of rotatable bonds is 1. The van der Waals surface area contributed by atoms with Crippen molar-refractivity contribution in [3.63, 3.8) is 0 Å². The van der Waals surface area contributed by atoms with E-state index in [2.05, 4.69) is 4.99 Å². The van der Waals surface area contributed by atoms with E-state index in [1.165, 1.54) is 6.08 Å². The Morgan fingerprint density at radius 1 is 1.53 bits per heavy atom. The van der Waals surface area contributed by atoms with Gasteiger partial charge in [0.2, 0.25) is 6.08 Å². The number of likely N-dealkylation sites (tertiary alicyclic amines) is 1. The first-order chi connectivity index (χ1) is 6.92. The molecule has 0 bridgehead atoms. The molecule has 1 rings (SSSR count). The highest BCUT2D eigenvalue weighted by molar-refractivity contribution is 5.68. The standard InChI is InChI=1S/C10H16N2O3/c1-10(2,3)15-9(14)12-5-4-8(6-12)11-7-13/h8H,4-6H2,1-3H3/t8-/m1/s1. The Bertz CT molecular complexity index is 290. The van der Waals surface area contributed by atoms with E-state index in [4.69, 9.17) is 4.74 Å². The van der Waals surface area contributed by atoms with Gasteiger partial charge in [-0.2, -0.15) is 0 Å². The van der Waals surface area contributed by atoms with Gasteiger partial charge in [-0.25, -0.2) is 14.6 Å². The number of aliphatic imine (C=N–C) groups is 1. The normalized spacial score (nSPS) is 21.0. The number of hydrogen-bond donors (Lipinski definition) is 0. The number of ether oxygens (including phenoxy) is 1. The lowest BCUT2D eigenvalue weighted by Gasteiger charge is -2.24. The molecule has 1 amide bonds. The molecule has 5 heteroatoms. The van der Waals surface area contributed by atoms with Gasteiger partial charge in [0.1, 0.15) is 5.60 Å². The fourth-order valence-electron chi connectivity index (χ4n) is 1.41. The first kappa shape index (κ1) is 11.7. The zero-order chi connectivity index (χ0) is 11.5. The van der Waals surface area contributed by atoms with Gasteiger partial charge < -0.3 is 9.64 Å². The van der Waals surface area contributed by atoms with Gasteiger partial charge in [0, 0.05) is 13.1 Å². The highest BCUT2D eigenvalue weighted by Gasteiger charge is 2.29. The molecular weight excluding hydrogens is 196 g/mol. The molecule has 0 aromatic carbocycles. The van der Waals surface area contributed by atoms with Crippen LogP contribution in [0.5, 0.6) is 0 Å². The van der Waals surface area contributed by atoms with E-state index >= 15 is 0 Å². The number of hydrogen-bond acceptors (Lipinski definition) is 4. The first-order valence-electron chi connectivity index (χ1n) is 4.97. The summed E-state index contributed by atoms with van der Waals surface area (Å²) in [6.07, 6.45) is 1.87. The largest absolute Gasteiger partial charge is 0.444 e. The molecule has 0 radical (unpaired) electrons. The molecule has 15 heavy (non-hydrogen) atoms. The van der Waals surface area contributed by atoms with E-state index in [1.807, 2.05) is 20.8 Å². The molecule has 5 nitrogen and oxygen atoms in total. The molecule has 0 unspecified atom stereocenters. The summed E-state index contributed by atoms with van der Waals surface area (Å²) in [6, 6.07) is -0.116. The number of carbonyl (C=O) groups excluding carboxylic acids is 2. The van der Waals surface area contributed by atoms with Crippen molar-refractivity contribution in [1.82, 2.24) is 4.90 Å². The van der Waals surface area contributed by atoms with Crippen LogP contribution in [0.1, 0.15) is 27.2 Å². The van der Waals surface area contributed by atoms with Gasteiger partial charge in [-0.15, -0.1) is 0 Å². The van der Waals surface area contributed by atoms with Crippen molar-refractivity contribution < 1.29 is 14.3 Å². The van der Waals surface area contributed by atoms with Crippen LogP contribution in [0.4, 0.5) is 4.79 Å². The third kappa shape index (κ3) is 3.72. The molecule has 0 N–H and O–H groups in total. The molecule has 0 spiro atoms. The average molecular weight is 212 g/mol. The number of nitrogens with zero attached hydrogens (tertiary/aromatic N) is 2. The van der Waals surface area contributed by atoms with Crippen LogP contribution in [-0.2, 0) is 9.53 Å². The zero-order valence-corrected chi connectivity index (χ0v) is 9.32. The van der Waals surface area contributed by atoms with Gasteiger partial charge in [0.05, 0.1) is 6.04 Å². The topological polar surface area (TPSA) is 59.0 Å². The van der Waals surface area contributed by atoms with Crippen molar-refractivity contribution in [2.75, 3.05) is 13.1 Å². The molecule has 1 saturated heterocycles. The molecular formula is C10H16N2O3. The second-order valence-corrected chi connectivity index (χ2v) is 4.59. The predicted molar refractivity (Wildman–Crippen MR) is 54.3 cm³/mol. The Labute approximate surface area is 89.1 Å². The summed E-state index contributed by atoms with van der Waals surface area (Å²) in [5.41, 5.74) is -0.483. The van der Waals surface area contributed by atoms with Crippen LogP contribution in [0.25, 0.3) is 0 Å². The van der Waals surface area contributed by atoms with Crippen molar-refractivity contribution in [2.24, 2.45) is 4.99 Å². The maximum atomic E-state index is 11.6. The van der Waals surface area contributed by atoms with Gasteiger partial charge in [0.25, 0.3) is 0 Å². The Hall–Kier alpha value is -1.35. The van der Waals surface area contributed by atoms with Crippen LogP contribution >= 0.6 is 0 Å². The average Bonchev–Trinajstić information content (AvgIpc) is 2.50. The maximum Gasteiger partial charge on any atom is 0.410 e. The number of carbonyl (C=O) groups is 1. The zero-order valence-electron chi connectivity index (χ0n) is 9.32. The minimum atomic E-state index is -0.483. The summed E-state index contributed by atoms with van der Waals surface area (Å²) >= 11 is 0. The van der Waals surface area contributed by atoms with Crippen LogP contribution in [0.15, 0.2) is 4.99 Å². The van der Waals surface area contributed by atoms with Gasteiger partial charge >= 0.3 is 6.09 Å². The van der Waals surface area contributed by atoms with Gasteiger partial charge in [-0.1, -0.05) is 0 Å². The predicted octanol–water partition coefficient (Wildman–Crippen LogP) is 1.33. The van der Waals surface area contributed by atoms with Crippen molar-refractivity contribution in [3.05, 3.63) is 0 Å². The summed E-state index contributed by atoms with van der Waals surface area (Å²) in [7, 11) is 0. The monoisotopic (exact) mass is 212 g/mol. The van der Waals surface area contributed by atoms with E-state index in [-0.39, 0.29) is 12.1 Å². The Kier molecular flexibility index (Phi) is 3.48. The molecule has 1 atom stereocenters. The lowest BCUT2D eigenvalue weighted by molar-refractivity contribution is 0.0293. The van der Waals surface area contributed by atoms with Crippen molar-refractivity contribution in [1.29, 1.82) is 0 Å². The molecule has 0 aromatic heterocycles. The van der Waals surface area contributed by atoms with E-state index in [1.54, 1.807) is 4.90 Å². The molecule has 1 aliphatic rings. The second-order valence-electron chi connectivity index (χ2n) is 4.59. The molecule has 1 aliphatic heterocycles. The fourth-order valence-corrected chi connectivity index (χ4v) is 1.41. The maximum absolute atomic E-state index is 11.6. The summed E-state index contributed by atoms with van der Waals surface area (Å²) in [6.45, 7) is 6.50. The summed E-state index contributed by atoms with van der Waals surface area (Å²) < 4.78 is 5.19. The van der Waals surface area contributed by atoms with E-state index in [0.717, 1.165) is 0 Å². The van der Waals surface area contributed by atoms with Gasteiger partial charge in [-0.3, -0.25) is 0 Å². The van der Waals surface area contributed by atoms with Crippen LogP contribution in [-0.4, -0.2) is 41.8 Å². The molecule has 0 aliphatic carbocycles. The highest BCUT2D eigenvalue weighted by atomic mass is 16.6. The third-order valence-electron chi connectivity index (χ3n) is 2.05. The van der Waals surface area contributed by atoms with Crippen molar-refractivity contribution in [2.45, 2.75) is 38.8 Å². The molecule has 1 heterocycles. The van der Waals surface area contributed by atoms with Crippen molar-refractivity contribution in [3.8, 4) is 0 Å². The molecule has 1 fully saturated rings. The quantitative estimate of drug-likeness (QED) is 0.486. The lowest BCUT2D eigenvalue weighted by Crippen LogP contribution is -2.35. The minimum Gasteiger partial charge on any atom is -0.444 e. The Morgan fingerprint density at radius 2 is 2.20 bits per heavy atom. The molecule has 0 aromatic rings. The van der Waals surface area contributed by atoms with Crippen LogP contribution in [0.3, 0.4) is 0 Å². The number of amides is 1. The highest BCUT2D eigenvalue weighted by Crippen LogP contribution is 2.16. The van der Waals surface area contributed by atoms with Crippen LogP contribution < -0.4 is 0 Å². The fraction of sp³-hybridized carbons (Fsp3) is 0.800. The van der Waals surface area contributed by atoms with E-state index in [9.17, 15) is 9.59 Å². The Morgan fingerprint density at radius 3 is 2.73 bits per heavy atom. The summed E-state index contributed by atoms with van der Waals surface area (Å²) in [5, 5.41) is 0. The van der Waals surface area contributed by atoms with Crippen molar-refractivity contribution >= 4 is 12.2 Å². The van der Waals surface area contributed by atoms with Gasteiger partial charge in [0.15, 0.2) is 0 Å². The van der Waals surface area contributed by atoms with Crippen LogP contribution in [0, 0.1) is 0 Å². The van der Waals surface area contributed by atoms with Gasteiger partial charge in [-0.05, 0) is 27.2 Å². The smallest absolute Gasteiger partial charge is 0.410 e. The SMILES string of the molecule is CC(C)(C)OC(=O)N1CC[C@@H](N=C=O)C1. The number of isocyanates is 1. The lowest BCUT2D eigenvalue weighted by atomic mass is 10.2. The third-order valence-corrected chi connectivity index (χ3v) is 2.05. The summed E-state index contributed by atoms with van der Waals surface area (Å²) in [4.78, 5) is 26.8. The van der Waals surface area contributed by atoms with Crippen LogP contribution in [0.2, 0.25) is 0 Å². The molecule has 84 valence electrons. The molecule has 0 saturated carbocycles. The van der Waals surface area contributed by atoms with E-state index < -0.39 is 5.60 Å². The summed E-state index contributed by atoms with van der Waals surface area (Å²) in [5.74, 6) is 0. The second kappa shape index (κ2) is 4.45. The first-order valence-corrected chi connectivity index (χ1v) is 4.97.